The summed E-state index contributed by atoms with van der Waals surface area (Å²) in [6.45, 7) is 3.55. The van der Waals surface area contributed by atoms with Crippen molar-refractivity contribution in [3.63, 3.8) is 0 Å². The molecule has 2 aliphatic heterocycles. The number of hydrogen-bond donors (Lipinski definition) is 0. The number of nitrogens with zero attached hydrogens (tertiary/aromatic N) is 1. The highest BCUT2D eigenvalue weighted by molar-refractivity contribution is 5.76. The van der Waals surface area contributed by atoms with E-state index in [0.717, 1.165) is 12.1 Å². The van der Waals surface area contributed by atoms with E-state index >= 15 is 0 Å². The summed E-state index contributed by atoms with van der Waals surface area (Å²) in [6, 6.07) is 18.9. The average molecular weight is 360 g/mol. The number of rotatable bonds is 4. The molecule has 2 unspecified atom stereocenters. The van der Waals surface area contributed by atoms with Crippen LogP contribution in [0.5, 0.6) is 0 Å². The third-order valence-electron chi connectivity index (χ3n) is 6.65. The number of benzene rings is 2. The molecule has 2 atom stereocenters. The molecule has 3 aliphatic rings. The molecule has 27 heavy (non-hydrogen) atoms. The van der Waals surface area contributed by atoms with Gasteiger partial charge in [-0.15, -0.1) is 0 Å². The molecule has 2 nitrogen and oxygen atoms in total. The van der Waals surface area contributed by atoms with Crippen LogP contribution in [0.4, 0.5) is 0 Å². The molecule has 0 amide bonds. The Hall–Kier alpha value is -1.90. The fourth-order valence-corrected chi connectivity index (χ4v) is 5.45. The highest BCUT2D eigenvalue weighted by Crippen LogP contribution is 2.41. The van der Waals surface area contributed by atoms with E-state index in [9.17, 15) is 0 Å². The molecular weight excluding hydrogens is 330 g/mol. The lowest BCUT2D eigenvalue weighted by molar-refractivity contribution is -0.0481. The zero-order chi connectivity index (χ0) is 18.2. The van der Waals surface area contributed by atoms with Crippen LogP contribution in [0.25, 0.3) is 12.2 Å². The molecule has 5 rings (SSSR count). The first kappa shape index (κ1) is 17.2. The SMILES string of the molecule is CCCN1C2CCC1CC(OC1c3ccccc3C=Cc3ccccc31)C2. The summed E-state index contributed by atoms with van der Waals surface area (Å²) in [7, 11) is 0. The first-order valence-electron chi connectivity index (χ1n) is 10.6. The van der Waals surface area contributed by atoms with Crippen molar-refractivity contribution >= 4 is 12.2 Å². The van der Waals surface area contributed by atoms with Gasteiger partial charge in [0.15, 0.2) is 0 Å². The van der Waals surface area contributed by atoms with Crippen molar-refractivity contribution in [2.24, 2.45) is 0 Å². The minimum atomic E-state index is 0.0366. The molecule has 0 saturated carbocycles. The van der Waals surface area contributed by atoms with Gasteiger partial charge in [0.25, 0.3) is 0 Å². The third-order valence-corrected chi connectivity index (χ3v) is 6.65. The van der Waals surface area contributed by atoms with Crippen LogP contribution in [0, 0.1) is 0 Å². The van der Waals surface area contributed by atoms with Gasteiger partial charge in [-0.2, -0.15) is 0 Å². The van der Waals surface area contributed by atoms with Gasteiger partial charge >= 0.3 is 0 Å². The van der Waals surface area contributed by atoms with E-state index in [4.69, 9.17) is 4.74 Å². The van der Waals surface area contributed by atoms with Gasteiger partial charge in [-0.05, 0) is 60.9 Å². The standard InChI is InChI=1S/C25H29NO/c1-2-15-26-20-13-14-21(26)17-22(16-20)27-25-23-9-5-3-7-18(23)11-12-19-8-4-6-10-24(19)25/h3-12,20-22,25H,2,13-17H2,1H3. The summed E-state index contributed by atoms with van der Waals surface area (Å²) in [4.78, 5) is 2.76. The molecule has 2 bridgehead atoms. The molecular formula is C25H29NO. The average Bonchev–Trinajstić information content (AvgIpc) is 2.88. The van der Waals surface area contributed by atoms with Crippen LogP contribution in [0.15, 0.2) is 48.5 Å². The monoisotopic (exact) mass is 359 g/mol. The fraction of sp³-hybridized carbons (Fsp3) is 0.440. The van der Waals surface area contributed by atoms with Crippen LogP contribution in [0.1, 0.15) is 67.4 Å². The van der Waals surface area contributed by atoms with E-state index in [1.165, 1.54) is 60.9 Å². The second-order valence-electron chi connectivity index (χ2n) is 8.32. The molecule has 2 aromatic rings. The van der Waals surface area contributed by atoms with Gasteiger partial charge < -0.3 is 4.74 Å². The predicted octanol–water partition coefficient (Wildman–Crippen LogP) is 5.68. The quantitative estimate of drug-likeness (QED) is 0.696. The largest absolute Gasteiger partial charge is 0.365 e. The normalized spacial score (nSPS) is 27.2. The maximum atomic E-state index is 6.91. The van der Waals surface area contributed by atoms with Crippen LogP contribution in [0.3, 0.4) is 0 Å². The smallest absolute Gasteiger partial charge is 0.109 e. The highest BCUT2D eigenvalue weighted by atomic mass is 16.5. The first-order valence-corrected chi connectivity index (χ1v) is 10.6. The third kappa shape index (κ3) is 3.15. The lowest BCUT2D eigenvalue weighted by Gasteiger charge is -2.40. The molecule has 1 aliphatic carbocycles. The lowest BCUT2D eigenvalue weighted by Crippen LogP contribution is -2.46. The summed E-state index contributed by atoms with van der Waals surface area (Å²) in [5, 5.41) is 0. The summed E-state index contributed by atoms with van der Waals surface area (Å²) in [5.74, 6) is 0. The Morgan fingerprint density at radius 1 is 0.852 bits per heavy atom. The van der Waals surface area contributed by atoms with Crippen LogP contribution in [-0.2, 0) is 4.74 Å². The van der Waals surface area contributed by atoms with E-state index < -0.39 is 0 Å². The molecule has 2 heteroatoms. The van der Waals surface area contributed by atoms with Crippen molar-refractivity contribution < 1.29 is 4.74 Å². The highest BCUT2D eigenvalue weighted by Gasteiger charge is 2.41. The van der Waals surface area contributed by atoms with Gasteiger partial charge in [0.1, 0.15) is 6.10 Å². The van der Waals surface area contributed by atoms with Crippen LogP contribution >= 0.6 is 0 Å². The van der Waals surface area contributed by atoms with Gasteiger partial charge in [-0.3, -0.25) is 4.90 Å². The molecule has 0 radical (unpaired) electrons. The molecule has 2 fully saturated rings. The molecule has 2 heterocycles. The summed E-state index contributed by atoms with van der Waals surface area (Å²) < 4.78 is 6.91. The Balaban J connectivity index is 1.45. The summed E-state index contributed by atoms with van der Waals surface area (Å²) in [6.07, 6.45) is 11.2. The van der Waals surface area contributed by atoms with Crippen LogP contribution < -0.4 is 0 Å². The topological polar surface area (TPSA) is 12.5 Å². The van der Waals surface area contributed by atoms with E-state index in [-0.39, 0.29) is 6.10 Å². The zero-order valence-corrected chi connectivity index (χ0v) is 16.2. The Labute approximate surface area is 162 Å². The van der Waals surface area contributed by atoms with Crippen molar-refractivity contribution in [2.45, 2.75) is 63.3 Å². The van der Waals surface area contributed by atoms with Crippen LogP contribution in [0.2, 0.25) is 0 Å². The van der Waals surface area contributed by atoms with Crippen molar-refractivity contribution in [2.75, 3.05) is 6.54 Å². The second kappa shape index (κ2) is 7.26. The number of hydrogen-bond acceptors (Lipinski definition) is 2. The van der Waals surface area contributed by atoms with Crippen molar-refractivity contribution in [1.82, 2.24) is 4.90 Å². The summed E-state index contributed by atoms with van der Waals surface area (Å²) >= 11 is 0. The van der Waals surface area contributed by atoms with E-state index in [0.29, 0.717) is 6.10 Å². The number of ether oxygens (including phenoxy) is 1. The molecule has 2 saturated heterocycles. The van der Waals surface area contributed by atoms with Crippen molar-refractivity contribution in [3.8, 4) is 0 Å². The fourth-order valence-electron chi connectivity index (χ4n) is 5.45. The van der Waals surface area contributed by atoms with E-state index in [1.807, 2.05) is 0 Å². The second-order valence-corrected chi connectivity index (χ2v) is 8.32. The van der Waals surface area contributed by atoms with Gasteiger partial charge in [-0.1, -0.05) is 67.6 Å². The van der Waals surface area contributed by atoms with Gasteiger partial charge in [0.2, 0.25) is 0 Å². The molecule has 0 spiro atoms. The summed E-state index contributed by atoms with van der Waals surface area (Å²) in [5.41, 5.74) is 5.18. The molecule has 0 N–H and O–H groups in total. The number of piperidine rings is 1. The zero-order valence-electron chi connectivity index (χ0n) is 16.2. The van der Waals surface area contributed by atoms with Gasteiger partial charge in [0.05, 0.1) is 6.10 Å². The van der Waals surface area contributed by atoms with Gasteiger partial charge in [-0.25, -0.2) is 0 Å². The van der Waals surface area contributed by atoms with Crippen molar-refractivity contribution in [1.29, 1.82) is 0 Å². The molecule has 2 aromatic carbocycles. The van der Waals surface area contributed by atoms with Crippen LogP contribution in [-0.4, -0.2) is 29.6 Å². The Morgan fingerprint density at radius 3 is 1.96 bits per heavy atom. The maximum Gasteiger partial charge on any atom is 0.109 e. The first-order chi connectivity index (χ1) is 13.3. The van der Waals surface area contributed by atoms with Crippen molar-refractivity contribution in [3.05, 3.63) is 70.8 Å². The van der Waals surface area contributed by atoms with Gasteiger partial charge in [0, 0.05) is 12.1 Å². The van der Waals surface area contributed by atoms with E-state index in [1.54, 1.807) is 0 Å². The predicted molar refractivity (Wildman–Crippen MR) is 112 cm³/mol. The Morgan fingerprint density at radius 2 is 1.41 bits per heavy atom. The molecule has 0 aromatic heterocycles. The minimum Gasteiger partial charge on any atom is -0.365 e. The minimum absolute atomic E-state index is 0.0366. The molecule has 140 valence electrons. The van der Waals surface area contributed by atoms with E-state index in [2.05, 4.69) is 72.5 Å². The maximum absolute atomic E-state index is 6.91. The lowest BCUT2D eigenvalue weighted by atomic mass is 9.94. The number of fused-ring (bicyclic) bond motifs is 4. The Bertz CT molecular complexity index is 778. The Kier molecular flexibility index (Phi) is 4.63.